The quantitative estimate of drug-likeness (QED) is 0.656. The predicted molar refractivity (Wildman–Crippen MR) is 113 cm³/mol. The minimum Gasteiger partial charge on any atom is -0.454 e. The van der Waals surface area contributed by atoms with Crippen LogP contribution in [-0.4, -0.2) is 47.4 Å². The van der Waals surface area contributed by atoms with Gasteiger partial charge < -0.3 is 19.2 Å². The molecule has 5 rings (SSSR count). The van der Waals surface area contributed by atoms with Crippen LogP contribution in [-0.2, 0) is 24.2 Å². The summed E-state index contributed by atoms with van der Waals surface area (Å²) >= 11 is 0. The monoisotopic (exact) mass is 420 g/mol. The van der Waals surface area contributed by atoms with Crippen LogP contribution in [0.1, 0.15) is 23.4 Å². The van der Waals surface area contributed by atoms with Crippen LogP contribution in [0.25, 0.3) is 11.5 Å². The number of fused-ring (bicyclic) bond motifs is 2. The van der Waals surface area contributed by atoms with Crippen LogP contribution in [0.2, 0.25) is 0 Å². The van der Waals surface area contributed by atoms with Crippen LogP contribution in [0, 0.1) is 0 Å². The Hall–Kier alpha value is -3.39. The van der Waals surface area contributed by atoms with Crippen molar-refractivity contribution in [3.8, 4) is 23.0 Å². The Morgan fingerprint density at radius 3 is 2.87 bits per heavy atom. The van der Waals surface area contributed by atoms with Crippen molar-refractivity contribution in [2.45, 2.75) is 31.8 Å². The van der Waals surface area contributed by atoms with Crippen LogP contribution < -0.4 is 14.8 Å². The lowest BCUT2D eigenvalue weighted by atomic mass is 9.94. The SMILES string of the molecule is CN1Cc2ccccc2C[C@@H]1CNC(=O)CCc1nnc(-c2ccc3c(c2)OCO3)o1. The summed E-state index contributed by atoms with van der Waals surface area (Å²) in [4.78, 5) is 14.7. The third-order valence-corrected chi connectivity index (χ3v) is 5.80. The molecule has 2 aliphatic rings. The molecule has 0 spiro atoms. The van der Waals surface area contributed by atoms with Crippen molar-refractivity contribution in [1.29, 1.82) is 0 Å². The number of nitrogens with one attached hydrogen (secondary N) is 1. The molecule has 0 saturated heterocycles. The lowest BCUT2D eigenvalue weighted by Gasteiger charge is -2.34. The first-order chi connectivity index (χ1) is 15.2. The average Bonchev–Trinajstić information content (AvgIpc) is 3.45. The van der Waals surface area contributed by atoms with Gasteiger partial charge >= 0.3 is 0 Å². The van der Waals surface area contributed by atoms with Gasteiger partial charge in [0.15, 0.2) is 11.5 Å². The van der Waals surface area contributed by atoms with Crippen molar-refractivity contribution in [1.82, 2.24) is 20.4 Å². The van der Waals surface area contributed by atoms with E-state index in [0.29, 0.717) is 48.7 Å². The third kappa shape index (κ3) is 4.25. The third-order valence-electron chi connectivity index (χ3n) is 5.80. The molecule has 0 bridgehead atoms. The van der Waals surface area contributed by atoms with Gasteiger partial charge in [0, 0.05) is 37.5 Å². The number of nitrogens with zero attached hydrogens (tertiary/aromatic N) is 3. The molecule has 0 saturated carbocycles. The molecule has 160 valence electrons. The molecule has 0 unspecified atom stereocenters. The smallest absolute Gasteiger partial charge is 0.247 e. The van der Waals surface area contributed by atoms with E-state index in [-0.39, 0.29) is 12.7 Å². The number of aromatic nitrogens is 2. The van der Waals surface area contributed by atoms with Crippen LogP contribution in [0.15, 0.2) is 46.9 Å². The second kappa shape index (κ2) is 8.39. The van der Waals surface area contributed by atoms with Gasteiger partial charge in [0.05, 0.1) is 0 Å². The largest absolute Gasteiger partial charge is 0.454 e. The lowest BCUT2D eigenvalue weighted by molar-refractivity contribution is -0.121. The van der Waals surface area contributed by atoms with Gasteiger partial charge in [-0.2, -0.15) is 0 Å². The number of benzene rings is 2. The minimum atomic E-state index is -0.0184. The number of carbonyl (C=O) groups excluding carboxylic acids is 1. The van der Waals surface area contributed by atoms with E-state index in [9.17, 15) is 4.79 Å². The minimum absolute atomic E-state index is 0.0184. The summed E-state index contributed by atoms with van der Waals surface area (Å²) in [6.07, 6.45) is 1.64. The molecule has 1 amide bonds. The first kappa shape index (κ1) is 19.6. The summed E-state index contributed by atoms with van der Waals surface area (Å²) in [6.45, 7) is 1.74. The number of rotatable bonds is 6. The second-order valence-electron chi connectivity index (χ2n) is 7.91. The van der Waals surface area contributed by atoms with Gasteiger partial charge in [-0.25, -0.2) is 0 Å². The fourth-order valence-electron chi connectivity index (χ4n) is 3.99. The first-order valence-corrected chi connectivity index (χ1v) is 10.4. The topological polar surface area (TPSA) is 89.7 Å². The molecule has 1 N–H and O–H groups in total. The molecule has 1 aromatic heterocycles. The Bertz CT molecular complexity index is 1100. The van der Waals surface area contributed by atoms with Gasteiger partial charge in [-0.05, 0) is 42.8 Å². The zero-order chi connectivity index (χ0) is 21.2. The lowest BCUT2D eigenvalue weighted by Crippen LogP contribution is -2.45. The van der Waals surface area contributed by atoms with Crippen molar-refractivity contribution in [3.63, 3.8) is 0 Å². The molecule has 3 heterocycles. The molecule has 0 aliphatic carbocycles. The van der Waals surface area contributed by atoms with E-state index in [2.05, 4.69) is 51.7 Å². The Balaban J connectivity index is 1.12. The van der Waals surface area contributed by atoms with Gasteiger partial charge in [0.1, 0.15) is 0 Å². The number of aryl methyl sites for hydroxylation is 1. The number of likely N-dealkylation sites (N-methyl/N-ethyl adjacent to an activating group) is 1. The predicted octanol–water partition coefficient (Wildman–Crippen LogP) is 2.57. The maximum Gasteiger partial charge on any atom is 0.247 e. The van der Waals surface area contributed by atoms with E-state index in [4.69, 9.17) is 13.9 Å². The van der Waals surface area contributed by atoms with E-state index in [1.54, 1.807) is 0 Å². The molecular weight excluding hydrogens is 396 g/mol. The van der Waals surface area contributed by atoms with E-state index in [1.807, 2.05) is 18.2 Å². The molecule has 0 radical (unpaired) electrons. The van der Waals surface area contributed by atoms with Crippen LogP contribution >= 0.6 is 0 Å². The summed E-state index contributed by atoms with van der Waals surface area (Å²) in [6, 6.07) is 14.2. The zero-order valence-corrected chi connectivity index (χ0v) is 17.3. The molecule has 8 heteroatoms. The summed E-state index contributed by atoms with van der Waals surface area (Å²) in [7, 11) is 2.10. The average molecular weight is 420 g/mol. The van der Waals surface area contributed by atoms with Gasteiger partial charge in [-0.15, -0.1) is 10.2 Å². The number of hydrogen-bond acceptors (Lipinski definition) is 7. The van der Waals surface area contributed by atoms with E-state index >= 15 is 0 Å². The van der Waals surface area contributed by atoms with Crippen molar-refractivity contribution >= 4 is 5.91 Å². The van der Waals surface area contributed by atoms with Crippen LogP contribution in [0.3, 0.4) is 0 Å². The highest BCUT2D eigenvalue weighted by Crippen LogP contribution is 2.35. The Morgan fingerprint density at radius 1 is 1.13 bits per heavy atom. The molecule has 1 atom stereocenters. The summed E-state index contributed by atoms with van der Waals surface area (Å²) < 4.78 is 16.4. The first-order valence-electron chi connectivity index (χ1n) is 10.4. The van der Waals surface area contributed by atoms with Crippen molar-refractivity contribution in [2.75, 3.05) is 20.4 Å². The molecule has 3 aromatic rings. The summed E-state index contributed by atoms with van der Waals surface area (Å²) in [5.74, 6) is 2.18. The van der Waals surface area contributed by atoms with E-state index < -0.39 is 0 Å². The highest BCUT2D eigenvalue weighted by atomic mass is 16.7. The number of ether oxygens (including phenoxy) is 2. The summed E-state index contributed by atoms with van der Waals surface area (Å²) in [5.41, 5.74) is 3.48. The van der Waals surface area contributed by atoms with Crippen LogP contribution in [0.5, 0.6) is 11.5 Å². The maximum absolute atomic E-state index is 12.4. The van der Waals surface area contributed by atoms with Gasteiger partial charge in [0.2, 0.25) is 24.5 Å². The van der Waals surface area contributed by atoms with Gasteiger partial charge in [0.25, 0.3) is 0 Å². The molecule has 2 aliphatic heterocycles. The number of carbonyl (C=O) groups is 1. The number of amides is 1. The standard InChI is InChI=1S/C23H24N4O4/c1-27-13-17-5-3-2-4-15(17)10-18(27)12-24-21(28)8-9-22-25-26-23(31-22)16-6-7-19-20(11-16)30-14-29-19/h2-7,11,18H,8-10,12-14H2,1H3,(H,24,28)/t18-/m1/s1. The van der Waals surface area contributed by atoms with Crippen molar-refractivity contribution < 1.29 is 18.7 Å². The normalized spacial score (nSPS) is 17.4. The van der Waals surface area contributed by atoms with Crippen molar-refractivity contribution in [3.05, 3.63) is 59.5 Å². The molecule has 2 aromatic carbocycles. The molecule has 31 heavy (non-hydrogen) atoms. The summed E-state index contributed by atoms with van der Waals surface area (Å²) in [5, 5.41) is 11.2. The van der Waals surface area contributed by atoms with Crippen LogP contribution in [0.4, 0.5) is 0 Å². The fourth-order valence-corrected chi connectivity index (χ4v) is 3.99. The van der Waals surface area contributed by atoms with Gasteiger partial charge in [-0.1, -0.05) is 24.3 Å². The maximum atomic E-state index is 12.4. The zero-order valence-electron chi connectivity index (χ0n) is 17.3. The Morgan fingerprint density at radius 2 is 1.97 bits per heavy atom. The van der Waals surface area contributed by atoms with E-state index in [1.165, 1.54) is 11.1 Å². The number of hydrogen-bond donors (Lipinski definition) is 1. The van der Waals surface area contributed by atoms with Crippen molar-refractivity contribution in [2.24, 2.45) is 0 Å². The highest BCUT2D eigenvalue weighted by Gasteiger charge is 2.23. The molecule has 8 nitrogen and oxygen atoms in total. The Labute approximate surface area is 180 Å². The van der Waals surface area contributed by atoms with E-state index in [0.717, 1.165) is 18.5 Å². The Kier molecular flexibility index (Phi) is 5.30. The molecule has 0 fully saturated rings. The second-order valence-corrected chi connectivity index (χ2v) is 7.91. The fraction of sp³-hybridized carbons (Fsp3) is 0.348. The van der Waals surface area contributed by atoms with Gasteiger partial charge in [-0.3, -0.25) is 9.69 Å². The molecular formula is C23H24N4O4. The highest BCUT2D eigenvalue weighted by molar-refractivity contribution is 5.76.